The van der Waals surface area contributed by atoms with Crippen molar-refractivity contribution in [3.8, 4) is 0 Å². The van der Waals surface area contributed by atoms with Crippen LogP contribution in [-0.4, -0.2) is 42.5 Å². The number of aromatic nitrogens is 2. The van der Waals surface area contributed by atoms with Crippen molar-refractivity contribution < 1.29 is 13.2 Å². The lowest BCUT2D eigenvalue weighted by Crippen LogP contribution is -2.29. The Hall–Kier alpha value is -2.67. The molecule has 0 bridgehead atoms. The SMILES string of the molecule is C[C@H](c1ccc(S(C)(=O)=O)cc1)N(C)C(=O)c1ccc2nc[nH]c2c1. The average molecular weight is 357 g/mol. The second kappa shape index (κ2) is 6.33. The van der Waals surface area contributed by atoms with E-state index in [9.17, 15) is 13.2 Å². The van der Waals surface area contributed by atoms with Gasteiger partial charge in [-0.3, -0.25) is 4.79 Å². The second-order valence-corrected chi connectivity index (χ2v) is 8.08. The first kappa shape index (κ1) is 17.2. The van der Waals surface area contributed by atoms with Crippen LogP contribution in [0.15, 0.2) is 53.7 Å². The minimum Gasteiger partial charge on any atom is -0.345 e. The number of amides is 1. The van der Waals surface area contributed by atoms with Crippen molar-refractivity contribution >= 4 is 26.8 Å². The van der Waals surface area contributed by atoms with Crippen LogP contribution < -0.4 is 0 Å². The monoisotopic (exact) mass is 357 g/mol. The number of carbonyl (C=O) groups excluding carboxylic acids is 1. The molecule has 0 aliphatic carbocycles. The molecule has 0 aliphatic heterocycles. The molecule has 1 heterocycles. The zero-order valence-corrected chi connectivity index (χ0v) is 15.0. The van der Waals surface area contributed by atoms with Crippen LogP contribution >= 0.6 is 0 Å². The molecule has 0 saturated heterocycles. The van der Waals surface area contributed by atoms with Gasteiger partial charge in [-0.1, -0.05) is 12.1 Å². The molecule has 130 valence electrons. The predicted molar refractivity (Wildman–Crippen MR) is 96.2 cm³/mol. The van der Waals surface area contributed by atoms with Crippen LogP contribution in [-0.2, 0) is 9.84 Å². The molecule has 1 aromatic heterocycles. The predicted octanol–water partition coefficient (Wildman–Crippen LogP) is 2.80. The van der Waals surface area contributed by atoms with E-state index in [1.807, 2.05) is 6.92 Å². The van der Waals surface area contributed by atoms with E-state index in [4.69, 9.17) is 0 Å². The third-order valence-corrected chi connectivity index (χ3v) is 5.49. The Morgan fingerprint density at radius 2 is 1.84 bits per heavy atom. The Morgan fingerprint density at radius 1 is 1.16 bits per heavy atom. The number of hydrogen-bond donors (Lipinski definition) is 1. The molecule has 0 spiro atoms. The van der Waals surface area contributed by atoms with Crippen LogP contribution in [0.5, 0.6) is 0 Å². The second-order valence-electron chi connectivity index (χ2n) is 6.07. The molecule has 3 rings (SSSR count). The molecular weight excluding hydrogens is 338 g/mol. The van der Waals surface area contributed by atoms with Crippen molar-refractivity contribution in [2.75, 3.05) is 13.3 Å². The molecule has 3 aromatic rings. The molecule has 0 fully saturated rings. The molecule has 0 saturated carbocycles. The number of H-pyrrole nitrogens is 1. The smallest absolute Gasteiger partial charge is 0.254 e. The minimum atomic E-state index is -3.23. The van der Waals surface area contributed by atoms with Crippen LogP contribution in [0.2, 0.25) is 0 Å². The molecule has 1 N–H and O–H groups in total. The number of sulfone groups is 1. The first-order chi connectivity index (χ1) is 11.8. The topological polar surface area (TPSA) is 83.1 Å². The summed E-state index contributed by atoms with van der Waals surface area (Å²) >= 11 is 0. The van der Waals surface area contributed by atoms with Gasteiger partial charge in [0.2, 0.25) is 0 Å². The molecule has 2 aromatic carbocycles. The van der Waals surface area contributed by atoms with Gasteiger partial charge in [-0.2, -0.15) is 0 Å². The van der Waals surface area contributed by atoms with E-state index >= 15 is 0 Å². The number of rotatable bonds is 4. The highest BCUT2D eigenvalue weighted by molar-refractivity contribution is 7.90. The quantitative estimate of drug-likeness (QED) is 0.778. The third kappa shape index (κ3) is 3.41. The first-order valence-electron chi connectivity index (χ1n) is 7.77. The van der Waals surface area contributed by atoms with Crippen molar-refractivity contribution in [3.63, 3.8) is 0 Å². The van der Waals surface area contributed by atoms with E-state index < -0.39 is 9.84 Å². The lowest BCUT2D eigenvalue weighted by Gasteiger charge is -2.25. The minimum absolute atomic E-state index is 0.115. The number of nitrogens with zero attached hydrogens (tertiary/aromatic N) is 2. The standard InChI is InChI=1S/C18H19N3O3S/c1-12(13-4-7-15(8-5-13)25(3,23)24)21(2)18(22)14-6-9-16-17(10-14)20-11-19-16/h4-12H,1-3H3,(H,19,20)/t12-/m1/s1. The Bertz CT molecular complexity index is 1020. The molecule has 1 atom stereocenters. The average Bonchev–Trinajstić information content (AvgIpc) is 3.06. The number of carbonyl (C=O) groups is 1. The summed E-state index contributed by atoms with van der Waals surface area (Å²) in [5.41, 5.74) is 3.05. The largest absolute Gasteiger partial charge is 0.345 e. The normalized spacial score (nSPS) is 12.9. The van der Waals surface area contributed by atoms with Crippen LogP contribution in [0.1, 0.15) is 28.9 Å². The maximum absolute atomic E-state index is 12.7. The third-order valence-electron chi connectivity index (χ3n) is 4.36. The highest BCUT2D eigenvalue weighted by atomic mass is 32.2. The molecule has 25 heavy (non-hydrogen) atoms. The summed E-state index contributed by atoms with van der Waals surface area (Å²) in [5.74, 6) is -0.115. The zero-order valence-electron chi connectivity index (χ0n) is 14.2. The Labute approximate surface area is 146 Å². The van der Waals surface area contributed by atoms with Crippen molar-refractivity contribution in [1.82, 2.24) is 14.9 Å². The molecule has 0 aliphatic rings. The van der Waals surface area contributed by atoms with E-state index in [1.54, 1.807) is 60.7 Å². The molecular formula is C18H19N3O3S. The van der Waals surface area contributed by atoms with E-state index in [0.717, 1.165) is 16.6 Å². The van der Waals surface area contributed by atoms with Crippen molar-refractivity contribution in [1.29, 1.82) is 0 Å². The maximum atomic E-state index is 12.7. The van der Waals surface area contributed by atoms with E-state index in [0.29, 0.717) is 5.56 Å². The molecule has 7 heteroatoms. The van der Waals surface area contributed by atoms with Gasteiger partial charge in [-0.25, -0.2) is 13.4 Å². The number of fused-ring (bicyclic) bond motifs is 1. The fraction of sp³-hybridized carbons (Fsp3) is 0.222. The number of aromatic amines is 1. The summed E-state index contributed by atoms with van der Waals surface area (Å²) in [7, 11) is -1.50. The number of hydrogen-bond acceptors (Lipinski definition) is 4. The van der Waals surface area contributed by atoms with Gasteiger partial charge in [0.05, 0.1) is 28.3 Å². The Balaban J connectivity index is 1.83. The Kier molecular flexibility index (Phi) is 4.34. The fourth-order valence-electron chi connectivity index (χ4n) is 2.67. The lowest BCUT2D eigenvalue weighted by molar-refractivity contribution is 0.0742. The van der Waals surface area contributed by atoms with Crippen molar-refractivity contribution in [3.05, 3.63) is 59.9 Å². The highest BCUT2D eigenvalue weighted by Crippen LogP contribution is 2.23. The summed E-state index contributed by atoms with van der Waals surface area (Å²) < 4.78 is 23.1. The van der Waals surface area contributed by atoms with Crippen molar-refractivity contribution in [2.24, 2.45) is 0 Å². The van der Waals surface area contributed by atoms with Gasteiger partial charge in [0.15, 0.2) is 9.84 Å². The van der Waals surface area contributed by atoms with E-state index in [2.05, 4.69) is 9.97 Å². The first-order valence-corrected chi connectivity index (χ1v) is 9.67. The summed E-state index contributed by atoms with van der Waals surface area (Å²) in [6, 6.07) is 11.7. The summed E-state index contributed by atoms with van der Waals surface area (Å²) in [6.45, 7) is 1.90. The van der Waals surface area contributed by atoms with Crippen LogP contribution in [0, 0.1) is 0 Å². The molecule has 0 unspecified atom stereocenters. The number of nitrogens with one attached hydrogen (secondary N) is 1. The van der Waals surface area contributed by atoms with Crippen LogP contribution in [0.3, 0.4) is 0 Å². The lowest BCUT2D eigenvalue weighted by atomic mass is 10.1. The van der Waals surface area contributed by atoms with Crippen LogP contribution in [0.4, 0.5) is 0 Å². The maximum Gasteiger partial charge on any atom is 0.254 e. The highest BCUT2D eigenvalue weighted by Gasteiger charge is 2.20. The Morgan fingerprint density at radius 3 is 2.48 bits per heavy atom. The number of imidazole rings is 1. The van der Waals surface area contributed by atoms with E-state index in [1.165, 1.54) is 6.26 Å². The van der Waals surface area contributed by atoms with Gasteiger partial charge in [-0.05, 0) is 42.8 Å². The van der Waals surface area contributed by atoms with Gasteiger partial charge < -0.3 is 9.88 Å². The van der Waals surface area contributed by atoms with Gasteiger partial charge in [0.25, 0.3) is 5.91 Å². The summed E-state index contributed by atoms with van der Waals surface area (Å²) in [4.78, 5) is 21.8. The molecule has 6 nitrogen and oxygen atoms in total. The van der Waals surface area contributed by atoms with Gasteiger partial charge in [0, 0.05) is 18.9 Å². The van der Waals surface area contributed by atoms with Crippen LogP contribution in [0.25, 0.3) is 11.0 Å². The summed E-state index contributed by atoms with van der Waals surface area (Å²) in [6.07, 6.45) is 2.77. The van der Waals surface area contributed by atoms with Gasteiger partial charge in [0.1, 0.15) is 0 Å². The molecule has 0 radical (unpaired) electrons. The van der Waals surface area contributed by atoms with E-state index in [-0.39, 0.29) is 16.8 Å². The fourth-order valence-corrected chi connectivity index (χ4v) is 3.30. The van der Waals surface area contributed by atoms with Gasteiger partial charge in [-0.15, -0.1) is 0 Å². The van der Waals surface area contributed by atoms with Gasteiger partial charge >= 0.3 is 0 Å². The zero-order chi connectivity index (χ0) is 18.2. The summed E-state index contributed by atoms with van der Waals surface area (Å²) in [5, 5.41) is 0. The number of benzene rings is 2. The van der Waals surface area contributed by atoms with Crippen molar-refractivity contribution in [2.45, 2.75) is 17.9 Å². The molecule has 1 amide bonds.